The van der Waals surface area contributed by atoms with Gasteiger partial charge in [-0.2, -0.15) is 0 Å². The number of unbranched alkanes of at least 4 members (excludes halogenated alkanes) is 55. The second kappa shape index (κ2) is 68.6. The van der Waals surface area contributed by atoms with Crippen molar-refractivity contribution in [2.24, 2.45) is 0 Å². The molecule has 0 bridgehead atoms. The number of rotatable bonds is 68. The first-order valence-electron chi connectivity index (χ1n) is 36.2. The SMILES string of the molecule is CCCCCCCC/C=C\CCCCCCCCCC(=O)OCC(COC(=O)CCCCCCCCCCCCCCCCCCCCCCCC)OC(=O)CCCCCCCCCCCCCCCCCCCCCCCC. The van der Waals surface area contributed by atoms with Gasteiger partial charge < -0.3 is 14.2 Å². The largest absolute Gasteiger partial charge is 0.462 e. The molecule has 0 N–H and O–H groups in total. The standard InChI is InChI=1S/C73H140O6/c1-4-7-10-13-16-19-22-25-28-31-33-35-37-39-42-45-48-51-54-57-60-63-66-72(75)78-69-70(68-77-71(74)65-62-59-56-53-50-47-44-41-30-27-24-21-18-15-12-9-6-3)79-73(76)67-64-61-58-55-52-49-46-43-40-38-36-34-32-29-26-23-20-17-14-11-8-5-2/h27,30,70H,4-26,28-29,31-69H2,1-3H3/b30-27-. The van der Waals surface area contributed by atoms with Crippen LogP contribution in [0.3, 0.4) is 0 Å². The molecule has 0 spiro atoms. The summed E-state index contributed by atoms with van der Waals surface area (Å²) in [5, 5.41) is 0. The molecule has 0 amide bonds. The highest BCUT2D eigenvalue weighted by Crippen LogP contribution is 2.19. The summed E-state index contributed by atoms with van der Waals surface area (Å²) in [6, 6.07) is 0. The van der Waals surface area contributed by atoms with Crippen molar-refractivity contribution in [2.45, 2.75) is 425 Å². The predicted octanol–water partition coefficient (Wildman–Crippen LogP) is 24.8. The van der Waals surface area contributed by atoms with E-state index in [1.54, 1.807) is 0 Å². The van der Waals surface area contributed by atoms with Gasteiger partial charge in [0.2, 0.25) is 0 Å². The van der Waals surface area contributed by atoms with E-state index >= 15 is 0 Å². The van der Waals surface area contributed by atoms with Crippen LogP contribution in [0.1, 0.15) is 419 Å². The summed E-state index contributed by atoms with van der Waals surface area (Å²) >= 11 is 0. The normalized spacial score (nSPS) is 12.0. The highest BCUT2D eigenvalue weighted by atomic mass is 16.6. The molecule has 468 valence electrons. The second-order valence-electron chi connectivity index (χ2n) is 24.9. The molecule has 1 atom stereocenters. The highest BCUT2D eigenvalue weighted by molar-refractivity contribution is 5.71. The van der Waals surface area contributed by atoms with E-state index in [1.165, 1.54) is 321 Å². The molecule has 79 heavy (non-hydrogen) atoms. The summed E-state index contributed by atoms with van der Waals surface area (Å²) in [5.41, 5.74) is 0. The van der Waals surface area contributed by atoms with Crippen molar-refractivity contribution in [1.82, 2.24) is 0 Å². The van der Waals surface area contributed by atoms with E-state index < -0.39 is 6.10 Å². The van der Waals surface area contributed by atoms with Gasteiger partial charge in [-0.15, -0.1) is 0 Å². The molecule has 6 heteroatoms. The molecule has 0 rings (SSSR count). The maximum atomic E-state index is 13.0. The third kappa shape index (κ3) is 66.8. The van der Waals surface area contributed by atoms with Gasteiger partial charge in [-0.25, -0.2) is 0 Å². The molecule has 0 aromatic rings. The Hall–Kier alpha value is -1.85. The van der Waals surface area contributed by atoms with Gasteiger partial charge in [0.1, 0.15) is 13.2 Å². The third-order valence-electron chi connectivity index (χ3n) is 16.8. The Kier molecular flexibility index (Phi) is 67.0. The van der Waals surface area contributed by atoms with Gasteiger partial charge in [-0.1, -0.05) is 367 Å². The maximum absolute atomic E-state index is 13.0. The van der Waals surface area contributed by atoms with Crippen molar-refractivity contribution >= 4 is 17.9 Å². The molecule has 0 aromatic carbocycles. The van der Waals surface area contributed by atoms with Gasteiger partial charge in [0.05, 0.1) is 0 Å². The average molecular weight is 1110 g/mol. The van der Waals surface area contributed by atoms with Crippen LogP contribution >= 0.6 is 0 Å². The smallest absolute Gasteiger partial charge is 0.306 e. The number of ether oxygens (including phenoxy) is 3. The monoisotopic (exact) mass is 1110 g/mol. The summed E-state index contributed by atoms with van der Waals surface area (Å²) in [7, 11) is 0. The molecular weight excluding hydrogens is 973 g/mol. The maximum Gasteiger partial charge on any atom is 0.306 e. The fourth-order valence-corrected chi connectivity index (χ4v) is 11.3. The molecule has 0 fully saturated rings. The van der Waals surface area contributed by atoms with Crippen molar-refractivity contribution in [1.29, 1.82) is 0 Å². The summed E-state index contributed by atoms with van der Waals surface area (Å²) in [6.07, 6.45) is 82.4. The van der Waals surface area contributed by atoms with Crippen LogP contribution in [0.4, 0.5) is 0 Å². The Morgan fingerprint density at radius 2 is 0.418 bits per heavy atom. The summed E-state index contributed by atoms with van der Waals surface area (Å²) in [4.78, 5) is 38.5. The van der Waals surface area contributed by atoms with Crippen LogP contribution in [0.5, 0.6) is 0 Å². The van der Waals surface area contributed by atoms with Crippen molar-refractivity contribution in [2.75, 3.05) is 13.2 Å². The van der Waals surface area contributed by atoms with E-state index in [2.05, 4.69) is 32.9 Å². The van der Waals surface area contributed by atoms with E-state index in [-0.39, 0.29) is 31.1 Å². The summed E-state index contributed by atoms with van der Waals surface area (Å²) in [6.45, 7) is 6.73. The molecule has 0 aliphatic carbocycles. The van der Waals surface area contributed by atoms with Crippen LogP contribution in [-0.2, 0) is 28.6 Å². The first kappa shape index (κ1) is 77.2. The van der Waals surface area contributed by atoms with Crippen LogP contribution < -0.4 is 0 Å². The fraction of sp³-hybridized carbons (Fsp3) is 0.932. The van der Waals surface area contributed by atoms with Gasteiger partial charge in [0.15, 0.2) is 6.10 Å². The van der Waals surface area contributed by atoms with Crippen molar-refractivity contribution < 1.29 is 28.6 Å². The van der Waals surface area contributed by atoms with Gasteiger partial charge in [-0.05, 0) is 44.9 Å². The van der Waals surface area contributed by atoms with Crippen molar-refractivity contribution in [3.05, 3.63) is 12.2 Å². The van der Waals surface area contributed by atoms with E-state index in [0.29, 0.717) is 19.3 Å². The zero-order valence-electron chi connectivity index (χ0n) is 53.9. The molecule has 6 nitrogen and oxygen atoms in total. The first-order valence-corrected chi connectivity index (χ1v) is 36.2. The van der Waals surface area contributed by atoms with Gasteiger partial charge in [0, 0.05) is 19.3 Å². The Morgan fingerprint density at radius 1 is 0.241 bits per heavy atom. The topological polar surface area (TPSA) is 78.9 Å². The molecule has 0 heterocycles. The van der Waals surface area contributed by atoms with Crippen molar-refractivity contribution in [3.8, 4) is 0 Å². The minimum Gasteiger partial charge on any atom is -0.462 e. The van der Waals surface area contributed by atoms with E-state index in [4.69, 9.17) is 14.2 Å². The Morgan fingerprint density at radius 3 is 0.633 bits per heavy atom. The lowest BCUT2D eigenvalue weighted by Gasteiger charge is -2.18. The number of carbonyl (C=O) groups is 3. The Balaban J connectivity index is 4.27. The zero-order valence-corrected chi connectivity index (χ0v) is 53.9. The van der Waals surface area contributed by atoms with Crippen molar-refractivity contribution in [3.63, 3.8) is 0 Å². The third-order valence-corrected chi connectivity index (χ3v) is 16.8. The summed E-state index contributed by atoms with van der Waals surface area (Å²) < 4.78 is 17.0. The molecule has 0 radical (unpaired) electrons. The summed E-state index contributed by atoms with van der Waals surface area (Å²) in [5.74, 6) is -0.830. The number of hydrogen-bond donors (Lipinski definition) is 0. The van der Waals surface area contributed by atoms with Crippen LogP contribution in [0.25, 0.3) is 0 Å². The number of hydrogen-bond acceptors (Lipinski definition) is 6. The fourth-order valence-electron chi connectivity index (χ4n) is 11.3. The Bertz CT molecular complexity index is 1230. The van der Waals surface area contributed by atoms with E-state index in [9.17, 15) is 14.4 Å². The molecule has 0 saturated carbocycles. The van der Waals surface area contributed by atoms with Gasteiger partial charge in [-0.3, -0.25) is 14.4 Å². The Labute approximate surface area is 494 Å². The van der Waals surface area contributed by atoms with Crippen LogP contribution in [-0.4, -0.2) is 37.2 Å². The van der Waals surface area contributed by atoms with Crippen LogP contribution in [0.2, 0.25) is 0 Å². The lowest BCUT2D eigenvalue weighted by Crippen LogP contribution is -2.30. The minimum absolute atomic E-state index is 0.0641. The lowest BCUT2D eigenvalue weighted by atomic mass is 10.0. The number of allylic oxidation sites excluding steroid dienone is 2. The molecule has 0 aliphatic rings. The van der Waals surface area contributed by atoms with E-state index in [1.807, 2.05) is 0 Å². The number of esters is 3. The molecule has 0 aromatic heterocycles. The van der Waals surface area contributed by atoms with Crippen LogP contribution in [0.15, 0.2) is 12.2 Å². The van der Waals surface area contributed by atoms with Gasteiger partial charge >= 0.3 is 17.9 Å². The molecule has 0 saturated heterocycles. The first-order chi connectivity index (χ1) is 39.0. The highest BCUT2D eigenvalue weighted by Gasteiger charge is 2.19. The molecule has 1 unspecified atom stereocenters. The van der Waals surface area contributed by atoms with Crippen LogP contribution in [0, 0.1) is 0 Å². The lowest BCUT2D eigenvalue weighted by molar-refractivity contribution is -0.167. The molecule has 0 aliphatic heterocycles. The number of carbonyl (C=O) groups excluding carboxylic acids is 3. The quantitative estimate of drug-likeness (QED) is 0.0261. The average Bonchev–Trinajstić information content (AvgIpc) is 3.45. The van der Waals surface area contributed by atoms with E-state index in [0.717, 1.165) is 57.8 Å². The van der Waals surface area contributed by atoms with Gasteiger partial charge in [0.25, 0.3) is 0 Å². The zero-order chi connectivity index (χ0) is 57.1. The molecular formula is C73H140O6. The predicted molar refractivity (Wildman–Crippen MR) is 344 cm³/mol. The second-order valence-corrected chi connectivity index (χ2v) is 24.9. The minimum atomic E-state index is -0.768.